The lowest BCUT2D eigenvalue weighted by atomic mass is 9.93. The Morgan fingerprint density at radius 3 is 2.32 bits per heavy atom. The van der Waals surface area contributed by atoms with Crippen LogP contribution in [0.3, 0.4) is 0 Å². The summed E-state index contributed by atoms with van der Waals surface area (Å²) in [6, 6.07) is -0.701. The second-order valence-corrected chi connectivity index (χ2v) is 8.17. The van der Waals surface area contributed by atoms with Gasteiger partial charge in [-0.2, -0.15) is 0 Å². The summed E-state index contributed by atoms with van der Waals surface area (Å²) in [4.78, 5) is 42.2. The molecule has 0 unspecified atom stereocenters. The fraction of sp³-hybridized carbons (Fsp3) is 0.739. The van der Waals surface area contributed by atoms with Crippen LogP contribution >= 0.6 is 0 Å². The maximum absolute atomic E-state index is 12.6. The van der Waals surface area contributed by atoms with E-state index in [1.807, 2.05) is 13.8 Å². The highest BCUT2D eigenvalue weighted by Gasteiger charge is 2.24. The van der Waals surface area contributed by atoms with Crippen LogP contribution < -0.4 is 16.7 Å². The molecule has 176 valence electrons. The first-order valence-electron chi connectivity index (χ1n) is 11.7. The van der Waals surface area contributed by atoms with Crippen LogP contribution in [0.25, 0.3) is 0 Å². The number of ether oxygens (including phenoxy) is 1. The van der Waals surface area contributed by atoms with E-state index in [-0.39, 0.29) is 35.8 Å². The van der Waals surface area contributed by atoms with Crippen LogP contribution in [-0.4, -0.2) is 34.5 Å². The van der Waals surface area contributed by atoms with Gasteiger partial charge in [-0.1, -0.05) is 78.6 Å². The van der Waals surface area contributed by atoms with E-state index in [1.165, 1.54) is 44.7 Å². The molecule has 0 spiro atoms. The van der Waals surface area contributed by atoms with Crippen LogP contribution in [-0.2, 0) is 9.53 Å². The number of nitrogens with zero attached hydrogens (tertiary/aromatic N) is 1. The Morgan fingerprint density at radius 1 is 1.10 bits per heavy atom. The van der Waals surface area contributed by atoms with Crippen LogP contribution in [0, 0.1) is 5.92 Å². The molecule has 1 heterocycles. The monoisotopic (exact) mass is 436 g/mol. The molecule has 1 rings (SSSR count). The maximum atomic E-state index is 12.6. The molecule has 8 nitrogen and oxygen atoms in total. The predicted molar refractivity (Wildman–Crippen MR) is 123 cm³/mol. The van der Waals surface area contributed by atoms with Crippen molar-refractivity contribution in [2.75, 3.05) is 12.0 Å². The van der Waals surface area contributed by atoms with Gasteiger partial charge >= 0.3 is 11.7 Å². The Labute approximate surface area is 185 Å². The van der Waals surface area contributed by atoms with E-state index in [4.69, 9.17) is 10.5 Å². The summed E-state index contributed by atoms with van der Waals surface area (Å²) in [6.45, 7) is 5.92. The molecule has 0 aromatic carbocycles. The molecule has 0 aliphatic rings. The molecule has 0 aliphatic heterocycles. The first-order valence-corrected chi connectivity index (χ1v) is 11.7. The number of nitrogens with one attached hydrogen (secondary N) is 2. The SMILES string of the molecule is CCCCCCCCCCCC(=O)OCNc1[nH]c(=O)ncc1C(=O)[C@@H](N)[C@@H](C)CC. The first kappa shape index (κ1) is 26.8. The Bertz CT molecular complexity index is 720. The van der Waals surface area contributed by atoms with Crippen molar-refractivity contribution in [3.05, 3.63) is 22.2 Å². The van der Waals surface area contributed by atoms with Gasteiger partial charge in [0.05, 0.1) is 11.6 Å². The minimum absolute atomic E-state index is 0.0125. The van der Waals surface area contributed by atoms with Gasteiger partial charge in [0, 0.05) is 12.6 Å². The maximum Gasteiger partial charge on any atom is 0.346 e. The van der Waals surface area contributed by atoms with E-state index in [1.54, 1.807) is 0 Å². The zero-order valence-electron chi connectivity index (χ0n) is 19.4. The number of carbonyl (C=O) groups excluding carboxylic acids is 2. The standard InChI is InChI=1S/C23H40N4O4/c1-4-6-7-8-9-10-11-12-13-14-19(28)31-16-26-22-18(15-25-23(30)27-22)21(29)20(24)17(3)5-2/h15,17,20H,4-14,16,24H2,1-3H3,(H2,25,26,27,30)/t17-,20-/m0/s1. The summed E-state index contributed by atoms with van der Waals surface area (Å²) in [5.74, 6) is -0.473. The zero-order valence-corrected chi connectivity index (χ0v) is 19.4. The van der Waals surface area contributed by atoms with Crippen LogP contribution in [0.4, 0.5) is 5.82 Å². The number of carbonyl (C=O) groups is 2. The number of hydrogen-bond acceptors (Lipinski definition) is 7. The van der Waals surface area contributed by atoms with E-state index >= 15 is 0 Å². The van der Waals surface area contributed by atoms with E-state index in [0.29, 0.717) is 6.42 Å². The van der Waals surface area contributed by atoms with Crippen molar-refractivity contribution in [3.63, 3.8) is 0 Å². The second kappa shape index (κ2) is 15.6. The fourth-order valence-electron chi connectivity index (χ4n) is 3.25. The molecule has 0 bridgehead atoms. The molecule has 0 aliphatic carbocycles. The van der Waals surface area contributed by atoms with Crippen molar-refractivity contribution in [3.8, 4) is 0 Å². The average Bonchev–Trinajstić information content (AvgIpc) is 2.76. The van der Waals surface area contributed by atoms with Gasteiger partial charge in [-0.3, -0.25) is 14.6 Å². The number of H-pyrrole nitrogens is 1. The molecule has 1 aromatic rings. The third kappa shape index (κ3) is 10.6. The zero-order chi connectivity index (χ0) is 23.1. The minimum Gasteiger partial charge on any atom is -0.444 e. The summed E-state index contributed by atoms with van der Waals surface area (Å²) in [6.07, 6.45) is 12.9. The largest absolute Gasteiger partial charge is 0.444 e. The highest BCUT2D eigenvalue weighted by Crippen LogP contribution is 2.16. The summed E-state index contributed by atoms with van der Waals surface area (Å²) < 4.78 is 5.19. The number of ketones is 1. The van der Waals surface area contributed by atoms with E-state index < -0.39 is 11.7 Å². The van der Waals surface area contributed by atoms with E-state index in [2.05, 4.69) is 22.2 Å². The van der Waals surface area contributed by atoms with Gasteiger partial charge < -0.3 is 15.8 Å². The molecule has 0 fully saturated rings. The van der Waals surface area contributed by atoms with Crippen LogP contribution in [0.2, 0.25) is 0 Å². The van der Waals surface area contributed by atoms with Crippen molar-refractivity contribution in [2.45, 2.75) is 97.4 Å². The number of unbranched alkanes of at least 4 members (excludes halogenated alkanes) is 8. The Morgan fingerprint density at radius 2 is 1.71 bits per heavy atom. The lowest BCUT2D eigenvalue weighted by Crippen LogP contribution is -2.37. The molecule has 31 heavy (non-hydrogen) atoms. The smallest absolute Gasteiger partial charge is 0.346 e. The van der Waals surface area contributed by atoms with Crippen LogP contribution in [0.15, 0.2) is 11.0 Å². The quantitative estimate of drug-likeness (QED) is 0.145. The Hall–Kier alpha value is -2.22. The molecule has 4 N–H and O–H groups in total. The van der Waals surface area contributed by atoms with Crippen molar-refractivity contribution in [1.82, 2.24) is 9.97 Å². The topological polar surface area (TPSA) is 127 Å². The number of hydrogen-bond donors (Lipinski definition) is 3. The van der Waals surface area contributed by atoms with Gasteiger partial charge in [0.2, 0.25) is 0 Å². The van der Waals surface area contributed by atoms with Crippen molar-refractivity contribution in [1.29, 1.82) is 0 Å². The minimum atomic E-state index is -0.701. The molecule has 1 aromatic heterocycles. The Kier molecular flexibility index (Phi) is 13.5. The molecular weight excluding hydrogens is 396 g/mol. The summed E-state index contributed by atoms with van der Waals surface area (Å²) in [5.41, 5.74) is 5.61. The van der Waals surface area contributed by atoms with Crippen molar-refractivity contribution >= 4 is 17.6 Å². The highest BCUT2D eigenvalue weighted by molar-refractivity contribution is 6.03. The predicted octanol–water partition coefficient (Wildman–Crippen LogP) is 4.16. The van der Waals surface area contributed by atoms with Gasteiger partial charge in [0.25, 0.3) is 0 Å². The van der Waals surface area contributed by atoms with Crippen molar-refractivity contribution < 1.29 is 14.3 Å². The van der Waals surface area contributed by atoms with Gasteiger partial charge in [-0.15, -0.1) is 0 Å². The third-order valence-corrected chi connectivity index (χ3v) is 5.60. The molecule has 0 amide bonds. The number of aromatic nitrogens is 2. The van der Waals surface area contributed by atoms with Crippen molar-refractivity contribution in [2.24, 2.45) is 11.7 Å². The number of esters is 1. The number of Topliss-reactive ketones (excluding diaryl/α,β-unsaturated/α-hetero) is 1. The summed E-state index contributed by atoms with van der Waals surface area (Å²) in [5, 5.41) is 2.80. The van der Waals surface area contributed by atoms with E-state index in [9.17, 15) is 14.4 Å². The van der Waals surface area contributed by atoms with Gasteiger partial charge in [0.15, 0.2) is 12.5 Å². The molecule has 0 saturated carbocycles. The summed E-state index contributed by atoms with van der Waals surface area (Å²) in [7, 11) is 0. The number of rotatable bonds is 17. The summed E-state index contributed by atoms with van der Waals surface area (Å²) >= 11 is 0. The van der Waals surface area contributed by atoms with Crippen LogP contribution in [0.5, 0.6) is 0 Å². The first-order chi connectivity index (χ1) is 14.9. The lowest BCUT2D eigenvalue weighted by molar-refractivity contribution is -0.143. The second-order valence-electron chi connectivity index (χ2n) is 8.17. The highest BCUT2D eigenvalue weighted by atomic mass is 16.5. The lowest BCUT2D eigenvalue weighted by Gasteiger charge is -2.18. The van der Waals surface area contributed by atoms with Gasteiger partial charge in [-0.05, 0) is 12.3 Å². The number of aromatic amines is 1. The molecule has 8 heteroatoms. The molecule has 0 radical (unpaired) electrons. The fourth-order valence-corrected chi connectivity index (χ4v) is 3.25. The molecule has 0 saturated heterocycles. The van der Waals surface area contributed by atoms with Gasteiger partial charge in [-0.25, -0.2) is 9.78 Å². The Balaban J connectivity index is 2.36. The number of nitrogens with two attached hydrogens (primary N) is 1. The molecule has 2 atom stereocenters. The normalized spacial score (nSPS) is 12.9. The number of anilines is 1. The molecular formula is C23H40N4O4. The van der Waals surface area contributed by atoms with Gasteiger partial charge in [0.1, 0.15) is 5.82 Å². The van der Waals surface area contributed by atoms with E-state index in [0.717, 1.165) is 25.7 Å². The van der Waals surface area contributed by atoms with Crippen LogP contribution in [0.1, 0.15) is 102 Å². The average molecular weight is 437 g/mol. The third-order valence-electron chi connectivity index (χ3n) is 5.60.